The molecule has 2 aliphatic carbocycles. The zero-order chi connectivity index (χ0) is 30.8. The molecule has 0 amide bonds. The number of hydrogen-bond donors (Lipinski definition) is 0. The van der Waals surface area contributed by atoms with Gasteiger partial charge in [-0.3, -0.25) is 18.6 Å². The number of ketones is 2. The molecular formula is C36H32N2O5. The Balaban J connectivity index is 1.28. The second kappa shape index (κ2) is 9.80. The predicted molar refractivity (Wildman–Crippen MR) is 167 cm³/mol. The summed E-state index contributed by atoms with van der Waals surface area (Å²) in [4.78, 5) is 26.4. The lowest BCUT2D eigenvalue weighted by molar-refractivity contribution is -0.243. The minimum atomic E-state index is -0.353. The van der Waals surface area contributed by atoms with E-state index < -0.39 is 0 Å². The van der Waals surface area contributed by atoms with Crippen molar-refractivity contribution < 1.29 is 24.5 Å². The van der Waals surface area contributed by atoms with E-state index in [1.807, 2.05) is 66.6 Å². The van der Waals surface area contributed by atoms with Crippen molar-refractivity contribution in [3.63, 3.8) is 0 Å². The van der Waals surface area contributed by atoms with Crippen molar-refractivity contribution in [3.05, 3.63) is 118 Å². The Hall–Kier alpha value is -4.98. The molecule has 0 radical (unpaired) electrons. The number of carbonyl (C=O) groups excluding carboxylic acids is 2. The van der Waals surface area contributed by atoms with Gasteiger partial charge in [-0.15, -0.1) is 0 Å². The van der Waals surface area contributed by atoms with Gasteiger partial charge in [0.05, 0.1) is 42.3 Å². The van der Waals surface area contributed by atoms with Crippen LogP contribution >= 0.6 is 0 Å². The highest BCUT2D eigenvalue weighted by molar-refractivity contribution is 6.39. The highest BCUT2D eigenvalue weighted by atomic mass is 16.5. The maximum Gasteiger partial charge on any atom is 0.193 e. The fraction of sp³-hybridized carbons (Fsp3) is 0.167. The van der Waals surface area contributed by atoms with Gasteiger partial charge in [-0.05, 0) is 107 Å². The zero-order valence-electron chi connectivity index (χ0n) is 25.0. The first-order valence-electron chi connectivity index (χ1n) is 14.0. The molecule has 0 heterocycles. The fourth-order valence-electron chi connectivity index (χ4n) is 5.50. The highest BCUT2D eigenvalue weighted by Crippen LogP contribution is 2.41. The number of hydrogen-bond acceptors (Lipinski definition) is 5. The molecule has 0 saturated carbocycles. The summed E-state index contributed by atoms with van der Waals surface area (Å²) >= 11 is 0. The normalized spacial score (nSPS) is 14.8. The maximum absolute atomic E-state index is 13.4. The summed E-state index contributed by atoms with van der Waals surface area (Å²) < 4.78 is 7.27. The standard InChI is InChI=1S/C36H32N2O5/c1-37(2,3)23-11-7-21(8-12-23)31-33(39)27-17-15-25(19-29(27)35(31)41)43-26-16-18-28-30(20-26)36(42)32(34(28)40)22-9-13-24(14-10-22)38(4,5)6/h7-20H,1-6H3. The van der Waals surface area contributed by atoms with E-state index in [0.29, 0.717) is 42.7 Å². The van der Waals surface area contributed by atoms with Crippen LogP contribution in [-0.2, 0) is 0 Å². The summed E-state index contributed by atoms with van der Waals surface area (Å²) in [5.41, 5.74) is 4.72. The van der Waals surface area contributed by atoms with Crippen LogP contribution in [0.1, 0.15) is 43.0 Å². The number of Topliss-reactive ketones (excluding diaryl/α,β-unsaturated/α-hetero) is 2. The van der Waals surface area contributed by atoms with E-state index in [2.05, 4.69) is 0 Å². The first-order chi connectivity index (χ1) is 20.2. The SMILES string of the molecule is C[N+](C)(C)c1ccc(C2=C([O-])c3cc(Oc4ccc5c(c4)C([O-])=C(c4ccc([N+](C)(C)C)cc4)C5=O)ccc3C2=O)cc1. The van der Waals surface area contributed by atoms with Gasteiger partial charge >= 0.3 is 0 Å². The summed E-state index contributed by atoms with van der Waals surface area (Å²) in [6.45, 7) is 0. The number of nitrogens with zero attached hydrogens (tertiary/aromatic N) is 2. The third-order valence-corrected chi connectivity index (χ3v) is 7.97. The average Bonchev–Trinajstić information content (AvgIpc) is 3.35. The maximum atomic E-state index is 13.4. The molecule has 6 rings (SSSR count). The summed E-state index contributed by atoms with van der Waals surface area (Å²) in [6.07, 6.45) is 0. The van der Waals surface area contributed by atoms with E-state index in [0.717, 1.165) is 11.4 Å². The topological polar surface area (TPSA) is 89.5 Å². The van der Waals surface area contributed by atoms with Crippen molar-refractivity contribution in [2.24, 2.45) is 0 Å². The summed E-state index contributed by atoms with van der Waals surface area (Å²) in [6, 6.07) is 24.4. The summed E-state index contributed by atoms with van der Waals surface area (Å²) in [7, 11) is 12.3. The van der Waals surface area contributed by atoms with Crippen molar-refractivity contribution >= 4 is 45.6 Å². The van der Waals surface area contributed by atoms with Crippen LogP contribution in [0.2, 0.25) is 0 Å². The van der Waals surface area contributed by atoms with Gasteiger partial charge in [0.2, 0.25) is 0 Å². The number of quaternary nitrogens is 2. The molecule has 0 N–H and O–H groups in total. The van der Waals surface area contributed by atoms with Crippen LogP contribution < -0.4 is 23.9 Å². The Morgan fingerprint density at radius 1 is 0.488 bits per heavy atom. The van der Waals surface area contributed by atoms with E-state index in [1.54, 1.807) is 60.7 Å². The second-order valence-electron chi connectivity index (χ2n) is 12.7. The molecule has 216 valence electrons. The second-order valence-corrected chi connectivity index (χ2v) is 12.7. The van der Waals surface area contributed by atoms with Gasteiger partial charge in [-0.2, -0.15) is 0 Å². The first-order valence-corrected chi connectivity index (χ1v) is 14.0. The number of fused-ring (bicyclic) bond motifs is 2. The molecular weight excluding hydrogens is 540 g/mol. The van der Waals surface area contributed by atoms with E-state index in [9.17, 15) is 19.8 Å². The van der Waals surface area contributed by atoms with Crippen LogP contribution in [0, 0.1) is 0 Å². The highest BCUT2D eigenvalue weighted by Gasteiger charge is 2.29. The number of carbonyl (C=O) groups is 2. The molecule has 0 spiro atoms. The van der Waals surface area contributed by atoms with Crippen molar-refractivity contribution in [3.8, 4) is 11.5 Å². The van der Waals surface area contributed by atoms with Crippen molar-refractivity contribution in [1.82, 2.24) is 8.97 Å². The third-order valence-electron chi connectivity index (χ3n) is 7.97. The largest absolute Gasteiger partial charge is 0.872 e. The Morgan fingerprint density at radius 2 is 0.837 bits per heavy atom. The molecule has 0 aliphatic heterocycles. The van der Waals surface area contributed by atoms with E-state index >= 15 is 0 Å². The molecule has 0 saturated heterocycles. The molecule has 7 heteroatoms. The van der Waals surface area contributed by atoms with Crippen LogP contribution in [0.25, 0.3) is 22.7 Å². The van der Waals surface area contributed by atoms with Gasteiger partial charge in [0.25, 0.3) is 0 Å². The quantitative estimate of drug-likeness (QED) is 0.312. The Kier molecular flexibility index (Phi) is 6.41. The molecule has 2 aliphatic rings. The Labute approximate surface area is 251 Å². The number of rotatable bonds is 6. The van der Waals surface area contributed by atoms with Crippen LogP contribution in [0.15, 0.2) is 84.9 Å². The van der Waals surface area contributed by atoms with Gasteiger partial charge < -0.3 is 14.9 Å². The molecule has 7 nitrogen and oxygen atoms in total. The molecule has 0 unspecified atom stereocenters. The predicted octanol–water partition coefficient (Wildman–Crippen LogP) is 4.72. The van der Waals surface area contributed by atoms with Gasteiger partial charge in [-0.25, -0.2) is 0 Å². The molecule has 0 bridgehead atoms. The molecule has 43 heavy (non-hydrogen) atoms. The molecule has 0 aromatic heterocycles. The lowest BCUT2D eigenvalue weighted by atomic mass is 10.0. The average molecular weight is 573 g/mol. The minimum absolute atomic E-state index is 0.138. The van der Waals surface area contributed by atoms with Crippen molar-refractivity contribution in [1.29, 1.82) is 0 Å². The van der Waals surface area contributed by atoms with Crippen molar-refractivity contribution in [2.45, 2.75) is 0 Å². The molecule has 4 aromatic rings. The zero-order valence-corrected chi connectivity index (χ0v) is 25.0. The lowest BCUT2D eigenvalue weighted by Gasteiger charge is -2.23. The third kappa shape index (κ3) is 4.82. The van der Waals surface area contributed by atoms with Gasteiger partial charge in [0.1, 0.15) is 22.9 Å². The molecule has 4 aromatic carbocycles. The number of allylic oxidation sites excluding steroid dienone is 2. The summed E-state index contributed by atoms with van der Waals surface area (Å²) in [5.74, 6) is -0.647. The van der Waals surface area contributed by atoms with Gasteiger partial charge in [-0.1, -0.05) is 11.5 Å². The monoisotopic (exact) mass is 572 g/mol. The van der Waals surface area contributed by atoms with Crippen LogP contribution in [-0.4, -0.2) is 53.9 Å². The minimum Gasteiger partial charge on any atom is -0.872 e. The van der Waals surface area contributed by atoms with Crippen LogP contribution in [0.3, 0.4) is 0 Å². The number of ether oxygens (including phenoxy) is 1. The van der Waals surface area contributed by atoms with Crippen LogP contribution in [0.5, 0.6) is 11.5 Å². The van der Waals surface area contributed by atoms with E-state index in [-0.39, 0.29) is 45.4 Å². The smallest absolute Gasteiger partial charge is 0.193 e. The van der Waals surface area contributed by atoms with Crippen LogP contribution in [0.4, 0.5) is 11.4 Å². The summed E-state index contributed by atoms with van der Waals surface area (Å²) in [5, 5.41) is 26.7. The Bertz CT molecular complexity index is 1750. The van der Waals surface area contributed by atoms with E-state index in [4.69, 9.17) is 4.74 Å². The fourth-order valence-corrected chi connectivity index (χ4v) is 5.50. The number of benzene rings is 4. The van der Waals surface area contributed by atoms with Crippen molar-refractivity contribution in [2.75, 3.05) is 42.3 Å². The lowest BCUT2D eigenvalue weighted by Crippen LogP contribution is -2.34. The van der Waals surface area contributed by atoms with Gasteiger partial charge in [0.15, 0.2) is 11.6 Å². The molecule has 0 atom stereocenters. The van der Waals surface area contributed by atoms with Gasteiger partial charge in [0, 0.05) is 22.3 Å². The first kappa shape index (κ1) is 28.2. The Morgan fingerprint density at radius 3 is 1.16 bits per heavy atom. The molecule has 0 fully saturated rings. The van der Waals surface area contributed by atoms with E-state index in [1.165, 1.54) is 0 Å².